The van der Waals surface area contributed by atoms with E-state index in [1.165, 1.54) is 11.8 Å². The Morgan fingerprint density at radius 3 is 2.47 bits per heavy atom. The molecule has 6 heteroatoms. The smallest absolute Gasteiger partial charge is 0.317 e. The van der Waals surface area contributed by atoms with E-state index in [4.69, 9.17) is 0 Å². The van der Waals surface area contributed by atoms with Crippen molar-refractivity contribution >= 4 is 17.7 Å². The molecule has 1 aromatic rings. The van der Waals surface area contributed by atoms with Gasteiger partial charge >= 0.3 is 6.18 Å². The van der Waals surface area contributed by atoms with E-state index in [-0.39, 0.29) is 5.75 Å². The average molecular weight is 289 g/mol. The average Bonchev–Trinajstić information content (AvgIpc) is 2.69. The Labute approximate surface area is 114 Å². The van der Waals surface area contributed by atoms with Crippen molar-refractivity contribution in [1.82, 2.24) is 4.90 Å². The van der Waals surface area contributed by atoms with E-state index in [0.29, 0.717) is 0 Å². The van der Waals surface area contributed by atoms with Crippen molar-refractivity contribution in [2.24, 2.45) is 0 Å². The highest BCUT2D eigenvalue weighted by molar-refractivity contribution is 8.00. The minimum atomic E-state index is -4.36. The molecule has 0 saturated carbocycles. The summed E-state index contributed by atoms with van der Waals surface area (Å²) in [6.07, 6.45) is -3.48. The second kappa shape index (κ2) is 5.45. The zero-order valence-electron chi connectivity index (χ0n) is 10.4. The molecule has 0 aliphatic carbocycles. The molecule has 104 valence electrons. The molecule has 1 aliphatic heterocycles. The summed E-state index contributed by atoms with van der Waals surface area (Å²) in [5.41, 5.74) is 1.87. The van der Waals surface area contributed by atoms with Crippen LogP contribution in [0.25, 0.3) is 0 Å². The van der Waals surface area contributed by atoms with Crippen LogP contribution >= 0.6 is 11.8 Å². The maximum atomic E-state index is 12.5. The quantitative estimate of drug-likeness (QED) is 0.850. The van der Waals surface area contributed by atoms with E-state index in [1.54, 1.807) is 12.1 Å². The van der Waals surface area contributed by atoms with Crippen molar-refractivity contribution in [2.75, 3.05) is 12.3 Å². The number of amides is 1. The van der Waals surface area contributed by atoms with Gasteiger partial charge in [-0.3, -0.25) is 4.79 Å². The number of hydrogen-bond acceptors (Lipinski definition) is 2. The zero-order chi connectivity index (χ0) is 14.0. The highest BCUT2D eigenvalue weighted by atomic mass is 32.2. The lowest BCUT2D eigenvalue weighted by Crippen LogP contribution is -2.37. The number of nitrogens with zero attached hydrogens (tertiary/aromatic N) is 1. The van der Waals surface area contributed by atoms with E-state index in [0.717, 1.165) is 22.4 Å². The Morgan fingerprint density at radius 1 is 1.32 bits per heavy atom. The molecule has 1 fully saturated rings. The predicted octanol–water partition coefficient (Wildman–Crippen LogP) is 3.39. The molecule has 19 heavy (non-hydrogen) atoms. The van der Waals surface area contributed by atoms with Gasteiger partial charge in [-0.05, 0) is 17.5 Å². The van der Waals surface area contributed by atoms with Gasteiger partial charge in [0.25, 0.3) is 0 Å². The van der Waals surface area contributed by atoms with Gasteiger partial charge in [0.2, 0.25) is 5.91 Å². The number of alkyl halides is 3. The summed E-state index contributed by atoms with van der Waals surface area (Å²) in [5, 5.41) is -0.528. The van der Waals surface area contributed by atoms with Crippen LogP contribution in [0.5, 0.6) is 0 Å². The van der Waals surface area contributed by atoms with Gasteiger partial charge in [0.1, 0.15) is 11.9 Å². The van der Waals surface area contributed by atoms with Crippen LogP contribution in [0.3, 0.4) is 0 Å². The summed E-state index contributed by atoms with van der Waals surface area (Å²) in [6.45, 7) is 0.831. The topological polar surface area (TPSA) is 20.3 Å². The fraction of sp³-hybridized carbons (Fsp3) is 0.462. The van der Waals surface area contributed by atoms with E-state index in [9.17, 15) is 18.0 Å². The van der Waals surface area contributed by atoms with Crippen molar-refractivity contribution in [2.45, 2.75) is 24.9 Å². The number of benzene rings is 1. The van der Waals surface area contributed by atoms with Crippen LogP contribution in [-0.2, 0) is 11.2 Å². The minimum Gasteiger partial charge on any atom is -0.317 e. The Balaban J connectivity index is 2.19. The summed E-state index contributed by atoms with van der Waals surface area (Å²) in [6, 6.07) is 7.39. The third kappa shape index (κ3) is 3.43. The van der Waals surface area contributed by atoms with Gasteiger partial charge in [-0.2, -0.15) is 13.2 Å². The first-order valence-corrected chi connectivity index (χ1v) is 7.02. The fourth-order valence-corrected chi connectivity index (χ4v) is 3.20. The monoisotopic (exact) mass is 289 g/mol. The highest BCUT2D eigenvalue weighted by Gasteiger charge is 2.40. The first kappa shape index (κ1) is 14.2. The molecule has 2 rings (SSSR count). The van der Waals surface area contributed by atoms with Crippen LogP contribution in [0.2, 0.25) is 0 Å². The molecule has 0 radical (unpaired) electrons. The summed E-state index contributed by atoms with van der Waals surface area (Å²) in [4.78, 5) is 12.5. The molecule has 1 aromatic carbocycles. The standard InChI is InChI=1S/C13H14F3NOS/c1-2-9-3-5-10(6-4-9)12-17(8-13(14,15)16)11(18)7-19-12/h3-6,12H,2,7-8H2,1H3. The number of halogens is 3. The Morgan fingerprint density at radius 2 is 1.95 bits per heavy atom. The Hall–Kier alpha value is -1.17. The molecule has 1 atom stereocenters. The van der Waals surface area contributed by atoms with Crippen molar-refractivity contribution < 1.29 is 18.0 Å². The molecule has 0 spiro atoms. The van der Waals surface area contributed by atoms with Crippen LogP contribution in [0.1, 0.15) is 23.4 Å². The second-order valence-electron chi connectivity index (χ2n) is 4.40. The van der Waals surface area contributed by atoms with Crippen LogP contribution in [0, 0.1) is 0 Å². The molecule has 1 unspecified atom stereocenters. The number of thioether (sulfide) groups is 1. The second-order valence-corrected chi connectivity index (χ2v) is 5.46. The van der Waals surface area contributed by atoms with Gasteiger partial charge in [0.15, 0.2) is 0 Å². The van der Waals surface area contributed by atoms with Crippen molar-refractivity contribution in [3.8, 4) is 0 Å². The van der Waals surface area contributed by atoms with E-state index in [2.05, 4.69) is 0 Å². The van der Waals surface area contributed by atoms with Crippen LogP contribution < -0.4 is 0 Å². The van der Waals surface area contributed by atoms with Gasteiger partial charge in [-0.25, -0.2) is 0 Å². The third-order valence-corrected chi connectivity index (χ3v) is 4.25. The molecular formula is C13H14F3NOS. The van der Waals surface area contributed by atoms with Gasteiger partial charge in [0, 0.05) is 0 Å². The number of aryl methyl sites for hydroxylation is 1. The number of carbonyl (C=O) groups excluding carboxylic acids is 1. The summed E-state index contributed by atoms with van der Waals surface area (Å²) in [7, 11) is 0. The first-order valence-electron chi connectivity index (χ1n) is 5.97. The van der Waals surface area contributed by atoms with Crippen LogP contribution in [-0.4, -0.2) is 29.3 Å². The molecule has 0 bridgehead atoms. The van der Waals surface area contributed by atoms with Crippen LogP contribution in [0.15, 0.2) is 24.3 Å². The maximum absolute atomic E-state index is 12.5. The fourth-order valence-electron chi connectivity index (χ4n) is 2.01. The summed E-state index contributed by atoms with van der Waals surface area (Å²) in [5.74, 6) is -0.345. The van der Waals surface area contributed by atoms with Crippen molar-refractivity contribution in [3.63, 3.8) is 0 Å². The van der Waals surface area contributed by atoms with E-state index >= 15 is 0 Å². The molecule has 1 amide bonds. The van der Waals surface area contributed by atoms with Crippen LogP contribution in [0.4, 0.5) is 13.2 Å². The third-order valence-electron chi connectivity index (χ3n) is 2.99. The lowest BCUT2D eigenvalue weighted by molar-refractivity contribution is -0.159. The molecule has 1 aliphatic rings. The number of rotatable bonds is 3. The Bertz CT molecular complexity index is 458. The first-order chi connectivity index (χ1) is 8.90. The van der Waals surface area contributed by atoms with Crippen molar-refractivity contribution in [1.29, 1.82) is 0 Å². The minimum absolute atomic E-state index is 0.107. The van der Waals surface area contributed by atoms with E-state index in [1.807, 2.05) is 19.1 Å². The lowest BCUT2D eigenvalue weighted by Gasteiger charge is -2.25. The largest absolute Gasteiger partial charge is 0.406 e. The molecule has 2 nitrogen and oxygen atoms in total. The molecule has 0 aromatic heterocycles. The van der Waals surface area contributed by atoms with E-state index < -0.39 is 24.0 Å². The zero-order valence-corrected chi connectivity index (χ0v) is 11.2. The lowest BCUT2D eigenvalue weighted by atomic mass is 10.1. The SMILES string of the molecule is CCc1ccc(C2SCC(=O)N2CC(F)(F)F)cc1. The molecule has 0 N–H and O–H groups in total. The Kier molecular flexibility index (Phi) is 4.08. The van der Waals surface area contributed by atoms with Gasteiger partial charge in [0.05, 0.1) is 5.75 Å². The molecule has 1 heterocycles. The van der Waals surface area contributed by atoms with Gasteiger partial charge in [-0.1, -0.05) is 31.2 Å². The predicted molar refractivity (Wildman–Crippen MR) is 68.8 cm³/mol. The number of carbonyl (C=O) groups is 1. The van der Waals surface area contributed by atoms with Gasteiger partial charge < -0.3 is 4.90 Å². The summed E-state index contributed by atoms with van der Waals surface area (Å²) >= 11 is 1.24. The maximum Gasteiger partial charge on any atom is 0.406 e. The molecular weight excluding hydrogens is 275 g/mol. The normalized spacial score (nSPS) is 20.1. The number of hydrogen-bond donors (Lipinski definition) is 0. The summed E-state index contributed by atoms with van der Waals surface area (Å²) < 4.78 is 37.5. The molecule has 1 saturated heterocycles. The highest BCUT2D eigenvalue weighted by Crippen LogP contribution is 2.40. The van der Waals surface area contributed by atoms with Crippen molar-refractivity contribution in [3.05, 3.63) is 35.4 Å². The van der Waals surface area contributed by atoms with Gasteiger partial charge in [-0.15, -0.1) is 11.8 Å².